The molecule has 2 heterocycles. The molecule has 0 amide bonds. The average molecular weight is 254 g/mol. The van der Waals surface area contributed by atoms with E-state index in [0.29, 0.717) is 6.54 Å². The quantitative estimate of drug-likeness (QED) is 0.775. The lowest BCUT2D eigenvalue weighted by atomic mass is 10.2. The van der Waals surface area contributed by atoms with Crippen molar-refractivity contribution in [2.24, 2.45) is 0 Å². The van der Waals surface area contributed by atoms with Gasteiger partial charge in [-0.15, -0.1) is 0 Å². The van der Waals surface area contributed by atoms with Gasteiger partial charge >= 0.3 is 0 Å². The summed E-state index contributed by atoms with van der Waals surface area (Å²) in [6.07, 6.45) is 3.70. The van der Waals surface area contributed by atoms with Crippen LogP contribution < -0.4 is 5.32 Å². The number of rotatable bonds is 4. The molecule has 0 unspecified atom stereocenters. The van der Waals surface area contributed by atoms with Gasteiger partial charge in [-0.2, -0.15) is 5.10 Å². The van der Waals surface area contributed by atoms with E-state index in [-0.39, 0.29) is 0 Å². The zero-order valence-corrected chi connectivity index (χ0v) is 10.6. The van der Waals surface area contributed by atoms with Gasteiger partial charge in [-0.1, -0.05) is 23.4 Å². The predicted molar refractivity (Wildman–Crippen MR) is 71.8 cm³/mol. The van der Waals surface area contributed by atoms with E-state index in [1.54, 1.807) is 6.20 Å². The van der Waals surface area contributed by atoms with Crippen molar-refractivity contribution in [2.75, 3.05) is 7.05 Å². The first-order valence-electron chi connectivity index (χ1n) is 6.07. The van der Waals surface area contributed by atoms with Gasteiger partial charge in [-0.25, -0.2) is 4.68 Å². The smallest absolute Gasteiger partial charge is 0.170 e. The molecular weight excluding hydrogens is 240 g/mol. The standard InChI is InChI=1S/C14H14N4O/c1-15-9-12-7-14(19-17-12)11-8-16-18(10-11)13-5-3-2-4-6-13/h2-8,10,15H,9H2,1H3. The molecule has 0 fully saturated rings. The van der Waals surface area contributed by atoms with Gasteiger partial charge in [0.25, 0.3) is 0 Å². The molecule has 0 saturated carbocycles. The Labute approximate surface area is 110 Å². The molecule has 0 aliphatic carbocycles. The van der Waals surface area contributed by atoms with Crippen molar-refractivity contribution in [3.05, 3.63) is 54.5 Å². The first-order valence-corrected chi connectivity index (χ1v) is 6.07. The number of aromatic nitrogens is 3. The van der Waals surface area contributed by atoms with E-state index in [1.165, 1.54) is 0 Å². The highest BCUT2D eigenvalue weighted by Gasteiger charge is 2.09. The van der Waals surface area contributed by atoms with Crippen LogP contribution in [0.5, 0.6) is 0 Å². The Hall–Kier alpha value is -2.40. The lowest BCUT2D eigenvalue weighted by Gasteiger charge is -1.98. The molecule has 0 aliphatic rings. The largest absolute Gasteiger partial charge is 0.356 e. The number of para-hydroxylation sites is 1. The van der Waals surface area contributed by atoms with Gasteiger partial charge in [0.15, 0.2) is 5.76 Å². The summed E-state index contributed by atoms with van der Waals surface area (Å²) in [4.78, 5) is 0. The van der Waals surface area contributed by atoms with Crippen molar-refractivity contribution in [2.45, 2.75) is 6.54 Å². The van der Waals surface area contributed by atoms with E-state index in [9.17, 15) is 0 Å². The van der Waals surface area contributed by atoms with Crippen molar-refractivity contribution in [3.8, 4) is 17.0 Å². The number of nitrogens with one attached hydrogen (secondary N) is 1. The molecule has 0 saturated heterocycles. The first kappa shape index (κ1) is 11.7. The van der Waals surface area contributed by atoms with E-state index in [0.717, 1.165) is 22.7 Å². The highest BCUT2D eigenvalue weighted by Crippen LogP contribution is 2.20. The maximum atomic E-state index is 5.31. The fourth-order valence-electron chi connectivity index (χ4n) is 1.88. The van der Waals surface area contributed by atoms with Gasteiger partial charge in [0.1, 0.15) is 0 Å². The maximum Gasteiger partial charge on any atom is 0.170 e. The van der Waals surface area contributed by atoms with Crippen LogP contribution in [0.2, 0.25) is 0 Å². The predicted octanol–water partition coefficient (Wildman–Crippen LogP) is 2.25. The SMILES string of the molecule is CNCc1cc(-c2cnn(-c3ccccc3)c2)on1. The zero-order chi connectivity index (χ0) is 13.1. The third-order valence-corrected chi connectivity index (χ3v) is 2.80. The summed E-state index contributed by atoms with van der Waals surface area (Å²) >= 11 is 0. The Kier molecular flexibility index (Phi) is 3.12. The van der Waals surface area contributed by atoms with Crippen LogP contribution in [0.3, 0.4) is 0 Å². The second kappa shape index (κ2) is 5.07. The minimum absolute atomic E-state index is 0.691. The van der Waals surface area contributed by atoms with Crippen LogP contribution in [0.15, 0.2) is 53.3 Å². The van der Waals surface area contributed by atoms with Crippen LogP contribution >= 0.6 is 0 Å². The molecule has 96 valence electrons. The molecule has 3 aromatic rings. The molecular formula is C14H14N4O. The summed E-state index contributed by atoms with van der Waals surface area (Å²) in [5.74, 6) is 0.729. The summed E-state index contributed by atoms with van der Waals surface area (Å²) < 4.78 is 7.12. The van der Waals surface area contributed by atoms with Crippen molar-refractivity contribution >= 4 is 0 Å². The first-order chi connectivity index (χ1) is 9.36. The topological polar surface area (TPSA) is 55.9 Å². The third kappa shape index (κ3) is 2.41. The summed E-state index contributed by atoms with van der Waals surface area (Å²) in [7, 11) is 1.88. The van der Waals surface area contributed by atoms with Gasteiger partial charge in [-0.3, -0.25) is 0 Å². The molecule has 0 atom stereocenters. The van der Waals surface area contributed by atoms with Gasteiger partial charge in [0.05, 0.1) is 23.1 Å². The Balaban J connectivity index is 1.88. The lowest BCUT2D eigenvalue weighted by Crippen LogP contribution is -2.04. The summed E-state index contributed by atoms with van der Waals surface area (Å²) in [5.41, 5.74) is 2.81. The summed E-state index contributed by atoms with van der Waals surface area (Å²) in [6, 6.07) is 11.9. The van der Waals surface area contributed by atoms with Gasteiger partial charge in [0, 0.05) is 18.8 Å². The molecule has 0 spiro atoms. The molecule has 1 aromatic carbocycles. The van der Waals surface area contributed by atoms with Gasteiger partial charge in [-0.05, 0) is 19.2 Å². The molecule has 19 heavy (non-hydrogen) atoms. The fraction of sp³-hybridized carbons (Fsp3) is 0.143. The van der Waals surface area contributed by atoms with Crippen molar-refractivity contribution in [1.82, 2.24) is 20.3 Å². The summed E-state index contributed by atoms with van der Waals surface area (Å²) in [6.45, 7) is 0.691. The van der Waals surface area contributed by atoms with E-state index in [2.05, 4.69) is 15.6 Å². The van der Waals surface area contributed by atoms with E-state index in [1.807, 2.05) is 54.3 Å². The molecule has 5 heteroatoms. The zero-order valence-electron chi connectivity index (χ0n) is 10.6. The van der Waals surface area contributed by atoms with Crippen LogP contribution in [0.4, 0.5) is 0 Å². The van der Waals surface area contributed by atoms with Crippen LogP contribution in [0, 0.1) is 0 Å². The Morgan fingerprint density at radius 2 is 2.11 bits per heavy atom. The highest BCUT2D eigenvalue weighted by atomic mass is 16.5. The van der Waals surface area contributed by atoms with Gasteiger partial charge < -0.3 is 9.84 Å². The second-order valence-corrected chi connectivity index (χ2v) is 4.22. The van der Waals surface area contributed by atoms with Crippen LogP contribution in [0.1, 0.15) is 5.69 Å². The third-order valence-electron chi connectivity index (χ3n) is 2.80. The van der Waals surface area contributed by atoms with Crippen molar-refractivity contribution < 1.29 is 4.52 Å². The normalized spacial score (nSPS) is 10.8. The second-order valence-electron chi connectivity index (χ2n) is 4.22. The van der Waals surface area contributed by atoms with E-state index in [4.69, 9.17) is 4.52 Å². The van der Waals surface area contributed by atoms with Crippen molar-refractivity contribution in [3.63, 3.8) is 0 Å². The summed E-state index contributed by atoms with van der Waals surface area (Å²) in [5, 5.41) is 11.4. The van der Waals surface area contributed by atoms with Crippen LogP contribution in [0.25, 0.3) is 17.0 Å². The Morgan fingerprint density at radius 1 is 1.26 bits per heavy atom. The maximum absolute atomic E-state index is 5.31. The lowest BCUT2D eigenvalue weighted by molar-refractivity contribution is 0.421. The molecule has 0 radical (unpaired) electrons. The van der Waals surface area contributed by atoms with Crippen LogP contribution in [-0.4, -0.2) is 22.0 Å². The van der Waals surface area contributed by atoms with E-state index < -0.39 is 0 Å². The number of benzene rings is 1. The van der Waals surface area contributed by atoms with Crippen molar-refractivity contribution in [1.29, 1.82) is 0 Å². The van der Waals surface area contributed by atoms with Crippen LogP contribution in [-0.2, 0) is 6.54 Å². The molecule has 0 bridgehead atoms. The number of hydrogen-bond donors (Lipinski definition) is 1. The molecule has 2 aromatic heterocycles. The number of nitrogens with zero attached hydrogens (tertiary/aromatic N) is 3. The molecule has 0 aliphatic heterocycles. The minimum atomic E-state index is 0.691. The average Bonchev–Trinajstić information content (AvgIpc) is 3.08. The molecule has 1 N–H and O–H groups in total. The number of hydrogen-bond acceptors (Lipinski definition) is 4. The Bertz CT molecular complexity index is 657. The van der Waals surface area contributed by atoms with Gasteiger partial charge in [0.2, 0.25) is 0 Å². The molecule has 3 rings (SSSR count). The monoisotopic (exact) mass is 254 g/mol. The van der Waals surface area contributed by atoms with E-state index >= 15 is 0 Å². The minimum Gasteiger partial charge on any atom is -0.356 e. The highest BCUT2D eigenvalue weighted by molar-refractivity contribution is 5.55. The molecule has 5 nitrogen and oxygen atoms in total. The fourth-order valence-corrected chi connectivity index (χ4v) is 1.88. The Morgan fingerprint density at radius 3 is 2.89 bits per heavy atom.